The Kier molecular flexibility index (Phi) is 3.77. The van der Waals surface area contributed by atoms with Gasteiger partial charge in [-0.15, -0.1) is 0 Å². The standard InChI is InChI=1S/C14H11ClFNO3S/c1-2-20-14(19)11-12(18)7-5-9(16)8(15)6-10(7)17-3-4-21-13(11)17/h5-6H,2-4H2,1H3/p+1. The number of ether oxygens (including phenoxy) is 1. The molecule has 110 valence electrons. The van der Waals surface area contributed by atoms with E-state index < -0.39 is 17.6 Å². The van der Waals surface area contributed by atoms with Crippen molar-refractivity contribution >= 4 is 40.8 Å². The molecular formula is C14H12ClFNO3S+. The Balaban J connectivity index is 2.17. The summed E-state index contributed by atoms with van der Waals surface area (Å²) < 4.78 is 18.6. The summed E-state index contributed by atoms with van der Waals surface area (Å²) in [6.45, 7) is 2.58. The molecule has 1 unspecified atom stereocenters. The Bertz CT molecular complexity index is 689. The van der Waals surface area contributed by atoms with Crippen LogP contribution in [0.2, 0.25) is 5.02 Å². The number of nitrogens with one attached hydrogen (secondary N) is 1. The van der Waals surface area contributed by atoms with Gasteiger partial charge in [-0.2, -0.15) is 0 Å². The van der Waals surface area contributed by atoms with Gasteiger partial charge >= 0.3 is 5.97 Å². The van der Waals surface area contributed by atoms with Gasteiger partial charge in [-0.3, -0.25) is 9.69 Å². The number of carbonyl (C=O) groups is 2. The van der Waals surface area contributed by atoms with Crippen LogP contribution in [0.4, 0.5) is 10.1 Å². The third kappa shape index (κ3) is 2.27. The zero-order valence-corrected chi connectivity index (χ0v) is 12.7. The van der Waals surface area contributed by atoms with Crippen LogP contribution < -0.4 is 4.90 Å². The molecule has 2 heterocycles. The average Bonchev–Trinajstić information content (AvgIpc) is 2.90. The Morgan fingerprint density at radius 1 is 1.52 bits per heavy atom. The second-order valence-corrected chi connectivity index (χ2v) is 6.16. The molecule has 1 aromatic rings. The summed E-state index contributed by atoms with van der Waals surface area (Å²) in [4.78, 5) is 25.5. The first-order chi connectivity index (χ1) is 10.0. The number of fused-ring (bicyclic) bond motifs is 3. The summed E-state index contributed by atoms with van der Waals surface area (Å²) in [5.41, 5.74) is 0.823. The van der Waals surface area contributed by atoms with Gasteiger partial charge in [0, 0.05) is 6.07 Å². The van der Waals surface area contributed by atoms with Crippen molar-refractivity contribution in [3.05, 3.63) is 39.1 Å². The van der Waals surface area contributed by atoms with Gasteiger partial charge in [-0.1, -0.05) is 23.4 Å². The molecule has 0 amide bonds. The molecule has 1 aromatic carbocycles. The van der Waals surface area contributed by atoms with Crippen molar-refractivity contribution in [1.82, 2.24) is 0 Å². The second kappa shape index (κ2) is 5.44. The quantitative estimate of drug-likeness (QED) is 0.663. The maximum absolute atomic E-state index is 13.7. The number of halogens is 2. The number of Topliss-reactive ketones (excluding diaryl/α,β-unsaturated/α-hetero) is 1. The first-order valence-corrected chi connectivity index (χ1v) is 7.85. The minimum absolute atomic E-state index is 0.0172. The molecule has 1 N–H and O–H groups in total. The molecule has 0 radical (unpaired) electrons. The molecule has 1 fully saturated rings. The number of hydrogen-bond donors (Lipinski definition) is 1. The van der Waals surface area contributed by atoms with Crippen molar-refractivity contribution in [2.24, 2.45) is 0 Å². The van der Waals surface area contributed by atoms with E-state index in [2.05, 4.69) is 0 Å². The fourth-order valence-electron chi connectivity index (χ4n) is 2.55. The highest BCUT2D eigenvalue weighted by molar-refractivity contribution is 8.03. The van der Waals surface area contributed by atoms with Gasteiger partial charge in [0.05, 0.1) is 29.5 Å². The molecule has 1 saturated heterocycles. The highest BCUT2D eigenvalue weighted by atomic mass is 35.5. The summed E-state index contributed by atoms with van der Waals surface area (Å²) in [5.74, 6) is -1.03. The fraction of sp³-hybridized carbons (Fsp3) is 0.286. The van der Waals surface area contributed by atoms with E-state index in [0.29, 0.717) is 17.3 Å². The minimum atomic E-state index is -0.665. The maximum Gasteiger partial charge on any atom is 0.348 e. The Morgan fingerprint density at radius 2 is 2.29 bits per heavy atom. The predicted molar refractivity (Wildman–Crippen MR) is 77.3 cm³/mol. The highest BCUT2D eigenvalue weighted by Crippen LogP contribution is 2.33. The highest BCUT2D eigenvalue weighted by Gasteiger charge is 2.43. The maximum atomic E-state index is 13.7. The smallest absolute Gasteiger partial charge is 0.348 e. The number of quaternary nitrogens is 1. The predicted octanol–water partition coefficient (Wildman–Crippen LogP) is 1.71. The van der Waals surface area contributed by atoms with Crippen LogP contribution >= 0.6 is 23.4 Å². The Morgan fingerprint density at radius 3 is 3.00 bits per heavy atom. The van der Waals surface area contributed by atoms with Crippen LogP contribution in [0.25, 0.3) is 0 Å². The minimum Gasteiger partial charge on any atom is -0.462 e. The van der Waals surface area contributed by atoms with Crippen molar-refractivity contribution in [3.63, 3.8) is 0 Å². The second-order valence-electron chi connectivity index (χ2n) is 4.64. The normalized spacial score (nSPS) is 20.3. The summed E-state index contributed by atoms with van der Waals surface area (Å²) in [6, 6.07) is 2.57. The molecule has 2 aliphatic heterocycles. The first kappa shape index (κ1) is 14.6. The van der Waals surface area contributed by atoms with E-state index in [-0.39, 0.29) is 22.8 Å². The van der Waals surface area contributed by atoms with E-state index in [4.69, 9.17) is 16.3 Å². The first-order valence-electron chi connectivity index (χ1n) is 6.49. The van der Waals surface area contributed by atoms with Crippen LogP contribution in [0, 0.1) is 5.82 Å². The third-order valence-corrected chi connectivity index (χ3v) is 4.87. The molecule has 0 aliphatic carbocycles. The molecule has 0 aromatic heterocycles. The molecule has 0 saturated carbocycles. The number of rotatable bonds is 2. The molecule has 1 atom stereocenters. The van der Waals surface area contributed by atoms with Gasteiger partial charge in [-0.05, 0) is 13.0 Å². The van der Waals surface area contributed by atoms with E-state index >= 15 is 0 Å². The largest absolute Gasteiger partial charge is 0.462 e. The lowest BCUT2D eigenvalue weighted by atomic mass is 9.97. The molecule has 3 rings (SSSR count). The zero-order valence-electron chi connectivity index (χ0n) is 11.2. The van der Waals surface area contributed by atoms with Crippen LogP contribution in [0.3, 0.4) is 0 Å². The van der Waals surface area contributed by atoms with Gasteiger partial charge in [0.1, 0.15) is 11.5 Å². The topological polar surface area (TPSA) is 47.8 Å². The van der Waals surface area contributed by atoms with Crippen molar-refractivity contribution in [3.8, 4) is 0 Å². The lowest BCUT2D eigenvalue weighted by molar-refractivity contribution is -0.774. The SMILES string of the molecule is CCOC(=O)C1=C2SCC[NH+]2c2cc(Cl)c(F)cc2C1=O. The fourth-order valence-corrected chi connectivity index (χ4v) is 3.93. The summed E-state index contributed by atoms with van der Waals surface area (Å²) in [5, 5.41) is 0.624. The molecule has 2 aliphatic rings. The van der Waals surface area contributed by atoms with Crippen LogP contribution in [-0.2, 0) is 9.53 Å². The van der Waals surface area contributed by atoms with Crippen LogP contribution in [-0.4, -0.2) is 30.7 Å². The summed E-state index contributed by atoms with van der Waals surface area (Å²) in [6.07, 6.45) is 0. The molecule has 21 heavy (non-hydrogen) atoms. The Hall–Kier alpha value is -1.37. The number of esters is 1. The van der Waals surface area contributed by atoms with E-state index in [9.17, 15) is 14.0 Å². The van der Waals surface area contributed by atoms with Gasteiger partial charge in [0.25, 0.3) is 0 Å². The number of carbonyl (C=O) groups excluding carboxylic acids is 2. The average molecular weight is 329 g/mol. The van der Waals surface area contributed by atoms with Crippen molar-refractivity contribution in [2.75, 3.05) is 18.9 Å². The Labute approximate surface area is 129 Å². The van der Waals surface area contributed by atoms with E-state index in [1.54, 1.807) is 6.92 Å². The molecule has 0 spiro atoms. The number of thioether (sulfide) groups is 1. The van der Waals surface area contributed by atoms with E-state index in [1.807, 2.05) is 0 Å². The lowest BCUT2D eigenvalue weighted by Crippen LogP contribution is -3.04. The molecule has 7 heteroatoms. The number of benzene rings is 1. The third-order valence-electron chi connectivity index (χ3n) is 3.44. The summed E-state index contributed by atoms with van der Waals surface area (Å²) >= 11 is 7.27. The summed E-state index contributed by atoms with van der Waals surface area (Å²) in [7, 11) is 0. The molecule has 4 nitrogen and oxygen atoms in total. The van der Waals surface area contributed by atoms with E-state index in [1.165, 1.54) is 17.8 Å². The van der Waals surface area contributed by atoms with Gasteiger partial charge in [0.15, 0.2) is 10.6 Å². The van der Waals surface area contributed by atoms with Crippen LogP contribution in [0.1, 0.15) is 17.3 Å². The number of ketones is 1. The monoisotopic (exact) mass is 328 g/mol. The zero-order chi connectivity index (χ0) is 15.1. The van der Waals surface area contributed by atoms with Gasteiger partial charge < -0.3 is 4.74 Å². The van der Waals surface area contributed by atoms with Crippen LogP contribution in [0.15, 0.2) is 22.7 Å². The van der Waals surface area contributed by atoms with E-state index in [0.717, 1.165) is 16.7 Å². The molecular weight excluding hydrogens is 317 g/mol. The lowest BCUT2D eigenvalue weighted by Gasteiger charge is -2.22. The van der Waals surface area contributed by atoms with Gasteiger partial charge in [-0.25, -0.2) is 9.18 Å². The molecule has 0 bridgehead atoms. The van der Waals surface area contributed by atoms with Crippen molar-refractivity contribution in [1.29, 1.82) is 0 Å². The van der Waals surface area contributed by atoms with Crippen LogP contribution in [0.5, 0.6) is 0 Å². The van der Waals surface area contributed by atoms with Crippen molar-refractivity contribution in [2.45, 2.75) is 6.92 Å². The van der Waals surface area contributed by atoms with Crippen molar-refractivity contribution < 1.29 is 23.6 Å². The van der Waals surface area contributed by atoms with Gasteiger partial charge in [0.2, 0.25) is 5.78 Å². The number of hydrogen-bond acceptors (Lipinski definition) is 4.